The lowest BCUT2D eigenvalue weighted by atomic mass is 10.1. The van der Waals surface area contributed by atoms with E-state index in [1.807, 2.05) is 0 Å². The van der Waals surface area contributed by atoms with E-state index in [1.54, 1.807) is 31.2 Å². The summed E-state index contributed by atoms with van der Waals surface area (Å²) in [6.07, 6.45) is 1.43. The molecule has 0 fully saturated rings. The Morgan fingerprint density at radius 3 is 2.69 bits per heavy atom. The fourth-order valence-corrected chi connectivity index (χ4v) is 1.15. The average molecular weight is 214 g/mol. The molecule has 1 N–H and O–H groups in total. The third-order valence-electron chi connectivity index (χ3n) is 1.84. The van der Waals surface area contributed by atoms with Gasteiger partial charge in [-0.25, -0.2) is 0 Å². The molecular formula is C12H10N2O2. The third kappa shape index (κ3) is 2.76. The predicted octanol–water partition coefficient (Wildman–Crippen LogP) is 2.22. The van der Waals surface area contributed by atoms with E-state index >= 15 is 0 Å². The van der Waals surface area contributed by atoms with Crippen molar-refractivity contribution in [3.8, 4) is 23.6 Å². The van der Waals surface area contributed by atoms with E-state index in [1.165, 1.54) is 12.1 Å². The largest absolute Gasteiger partial charge is 0.504 e. The second-order valence-electron chi connectivity index (χ2n) is 2.94. The maximum Gasteiger partial charge on any atom is 0.161 e. The van der Waals surface area contributed by atoms with Crippen molar-refractivity contribution in [2.45, 2.75) is 6.92 Å². The molecule has 4 nitrogen and oxygen atoms in total. The smallest absolute Gasteiger partial charge is 0.161 e. The lowest BCUT2D eigenvalue weighted by molar-refractivity contribution is 0.318. The first kappa shape index (κ1) is 11.6. The van der Waals surface area contributed by atoms with Crippen LogP contribution in [0.25, 0.3) is 6.08 Å². The van der Waals surface area contributed by atoms with Crippen LogP contribution in [0.4, 0.5) is 0 Å². The predicted molar refractivity (Wildman–Crippen MR) is 58.5 cm³/mol. The SMILES string of the molecule is CCOc1cc(C=C(C#N)C#N)ccc1O. The topological polar surface area (TPSA) is 77.0 Å². The van der Waals surface area contributed by atoms with Crippen LogP contribution >= 0.6 is 0 Å². The van der Waals surface area contributed by atoms with Crippen LogP contribution in [-0.2, 0) is 0 Å². The zero-order valence-corrected chi connectivity index (χ0v) is 8.77. The van der Waals surface area contributed by atoms with Gasteiger partial charge in [-0.3, -0.25) is 0 Å². The van der Waals surface area contributed by atoms with Gasteiger partial charge in [0.2, 0.25) is 0 Å². The van der Waals surface area contributed by atoms with Gasteiger partial charge in [0.15, 0.2) is 11.5 Å². The van der Waals surface area contributed by atoms with Gasteiger partial charge in [-0.2, -0.15) is 10.5 Å². The van der Waals surface area contributed by atoms with E-state index < -0.39 is 0 Å². The fourth-order valence-electron chi connectivity index (χ4n) is 1.15. The van der Waals surface area contributed by atoms with E-state index in [9.17, 15) is 5.11 Å². The Hall–Kier alpha value is -2.46. The summed E-state index contributed by atoms with van der Waals surface area (Å²) in [5, 5.41) is 26.6. The maximum atomic E-state index is 9.44. The molecule has 0 aliphatic rings. The van der Waals surface area contributed by atoms with Gasteiger partial charge in [-0.15, -0.1) is 0 Å². The quantitative estimate of drug-likeness (QED) is 0.782. The molecule has 0 atom stereocenters. The van der Waals surface area contributed by atoms with Crippen molar-refractivity contribution in [2.75, 3.05) is 6.61 Å². The summed E-state index contributed by atoms with van der Waals surface area (Å²) in [5.74, 6) is 0.376. The molecule has 0 aliphatic carbocycles. The molecule has 0 unspecified atom stereocenters. The summed E-state index contributed by atoms with van der Waals surface area (Å²) in [7, 11) is 0. The maximum absolute atomic E-state index is 9.44. The molecule has 4 heteroatoms. The standard InChI is InChI=1S/C12H10N2O2/c1-2-16-12-6-9(3-4-11(12)15)5-10(7-13)8-14/h3-6,15H,2H2,1H3. The Morgan fingerprint density at radius 1 is 1.44 bits per heavy atom. The molecule has 0 heterocycles. The van der Waals surface area contributed by atoms with Crippen LogP contribution < -0.4 is 4.74 Å². The van der Waals surface area contributed by atoms with Crippen LogP contribution in [0.15, 0.2) is 23.8 Å². The molecule has 0 aliphatic heterocycles. The number of ether oxygens (including phenoxy) is 1. The summed E-state index contributed by atoms with van der Waals surface area (Å²) in [5.41, 5.74) is 0.646. The highest BCUT2D eigenvalue weighted by Gasteiger charge is 2.02. The average Bonchev–Trinajstić information content (AvgIpc) is 2.30. The van der Waals surface area contributed by atoms with Crippen LogP contribution in [0.2, 0.25) is 0 Å². The van der Waals surface area contributed by atoms with Crippen molar-refractivity contribution in [3.63, 3.8) is 0 Å². The number of phenols is 1. The number of aromatic hydroxyl groups is 1. The number of allylic oxidation sites excluding steroid dienone is 1. The van der Waals surface area contributed by atoms with Crippen molar-refractivity contribution in [1.29, 1.82) is 10.5 Å². The molecule has 16 heavy (non-hydrogen) atoms. The van der Waals surface area contributed by atoms with Crippen molar-refractivity contribution in [2.24, 2.45) is 0 Å². The van der Waals surface area contributed by atoms with Crippen LogP contribution in [0.3, 0.4) is 0 Å². The van der Waals surface area contributed by atoms with Gasteiger partial charge < -0.3 is 9.84 Å². The molecule has 0 radical (unpaired) electrons. The Kier molecular flexibility index (Phi) is 3.94. The van der Waals surface area contributed by atoms with Crippen molar-refractivity contribution >= 4 is 6.08 Å². The van der Waals surface area contributed by atoms with E-state index in [2.05, 4.69) is 0 Å². The first-order valence-electron chi connectivity index (χ1n) is 4.69. The zero-order valence-electron chi connectivity index (χ0n) is 8.77. The summed E-state index contributed by atoms with van der Waals surface area (Å²) in [6, 6.07) is 8.17. The number of nitriles is 2. The molecule has 0 saturated heterocycles. The van der Waals surface area contributed by atoms with Crippen molar-refractivity contribution < 1.29 is 9.84 Å². The van der Waals surface area contributed by atoms with Gasteiger partial charge in [-0.05, 0) is 30.7 Å². The van der Waals surface area contributed by atoms with Crippen LogP contribution in [0.5, 0.6) is 11.5 Å². The molecular weight excluding hydrogens is 204 g/mol. The molecule has 0 aromatic heterocycles. The summed E-state index contributed by atoms with van der Waals surface area (Å²) < 4.78 is 5.18. The van der Waals surface area contributed by atoms with Crippen LogP contribution in [0, 0.1) is 22.7 Å². The van der Waals surface area contributed by atoms with Gasteiger partial charge in [0.1, 0.15) is 17.7 Å². The molecule has 1 aromatic carbocycles. The van der Waals surface area contributed by atoms with E-state index in [0.29, 0.717) is 17.9 Å². The summed E-state index contributed by atoms with van der Waals surface area (Å²) >= 11 is 0. The Balaban J connectivity index is 3.10. The second kappa shape index (κ2) is 5.43. The Bertz CT molecular complexity index is 477. The van der Waals surface area contributed by atoms with Crippen molar-refractivity contribution in [1.82, 2.24) is 0 Å². The molecule has 1 rings (SSSR count). The molecule has 80 valence electrons. The third-order valence-corrected chi connectivity index (χ3v) is 1.84. The number of hydrogen-bond acceptors (Lipinski definition) is 4. The number of benzene rings is 1. The van der Waals surface area contributed by atoms with E-state index in [4.69, 9.17) is 15.3 Å². The Morgan fingerprint density at radius 2 is 2.12 bits per heavy atom. The second-order valence-corrected chi connectivity index (χ2v) is 2.94. The van der Waals surface area contributed by atoms with Crippen LogP contribution in [-0.4, -0.2) is 11.7 Å². The summed E-state index contributed by atoms with van der Waals surface area (Å²) in [4.78, 5) is 0. The monoisotopic (exact) mass is 214 g/mol. The molecule has 0 amide bonds. The molecule has 0 bridgehead atoms. The molecule has 0 spiro atoms. The highest BCUT2D eigenvalue weighted by Crippen LogP contribution is 2.27. The zero-order chi connectivity index (χ0) is 12.0. The first-order chi connectivity index (χ1) is 7.71. The van der Waals surface area contributed by atoms with Gasteiger partial charge in [0.05, 0.1) is 6.61 Å². The van der Waals surface area contributed by atoms with Gasteiger partial charge >= 0.3 is 0 Å². The van der Waals surface area contributed by atoms with Crippen LogP contribution in [0.1, 0.15) is 12.5 Å². The highest BCUT2D eigenvalue weighted by atomic mass is 16.5. The number of nitrogens with zero attached hydrogens (tertiary/aromatic N) is 2. The summed E-state index contributed by atoms with van der Waals surface area (Å²) in [6.45, 7) is 2.24. The van der Waals surface area contributed by atoms with Gasteiger partial charge in [0, 0.05) is 0 Å². The normalized spacial score (nSPS) is 8.69. The minimum absolute atomic E-state index is 0.00754. The van der Waals surface area contributed by atoms with E-state index in [-0.39, 0.29) is 11.3 Å². The lowest BCUT2D eigenvalue weighted by Gasteiger charge is -2.05. The lowest BCUT2D eigenvalue weighted by Crippen LogP contribution is -1.92. The van der Waals surface area contributed by atoms with Crippen molar-refractivity contribution in [3.05, 3.63) is 29.3 Å². The minimum atomic E-state index is 0.00754. The molecule has 1 aromatic rings. The highest BCUT2D eigenvalue weighted by molar-refractivity contribution is 5.64. The minimum Gasteiger partial charge on any atom is -0.504 e. The first-order valence-corrected chi connectivity index (χ1v) is 4.69. The van der Waals surface area contributed by atoms with Gasteiger partial charge in [-0.1, -0.05) is 6.07 Å². The number of hydrogen-bond donors (Lipinski definition) is 1. The number of rotatable bonds is 3. The number of phenolic OH excluding ortho intramolecular Hbond substituents is 1. The Labute approximate surface area is 93.6 Å². The molecule has 0 saturated carbocycles. The van der Waals surface area contributed by atoms with Gasteiger partial charge in [0.25, 0.3) is 0 Å². The van der Waals surface area contributed by atoms with E-state index in [0.717, 1.165) is 0 Å². The fraction of sp³-hybridized carbons (Fsp3) is 0.167.